The van der Waals surface area contributed by atoms with Crippen LogP contribution in [0.5, 0.6) is 5.75 Å². The molecular formula is C20H24N6O2. The van der Waals surface area contributed by atoms with Crippen LogP contribution in [-0.4, -0.2) is 38.2 Å². The Bertz CT molecular complexity index is 955. The largest absolute Gasteiger partial charge is 0.496 e. The molecule has 0 aliphatic carbocycles. The molecule has 0 radical (unpaired) electrons. The molecule has 0 fully saturated rings. The molecule has 28 heavy (non-hydrogen) atoms. The van der Waals surface area contributed by atoms with Crippen molar-refractivity contribution in [3.8, 4) is 5.75 Å². The number of rotatable bonds is 7. The fraction of sp³-hybridized carbons (Fsp3) is 0.350. The van der Waals surface area contributed by atoms with Crippen molar-refractivity contribution in [2.75, 3.05) is 7.11 Å². The van der Waals surface area contributed by atoms with Gasteiger partial charge in [-0.25, -0.2) is 4.68 Å². The van der Waals surface area contributed by atoms with Gasteiger partial charge in [-0.1, -0.05) is 30.3 Å². The van der Waals surface area contributed by atoms with Gasteiger partial charge < -0.3 is 10.1 Å². The van der Waals surface area contributed by atoms with E-state index >= 15 is 0 Å². The summed E-state index contributed by atoms with van der Waals surface area (Å²) in [5.41, 5.74) is 3.67. The van der Waals surface area contributed by atoms with Crippen molar-refractivity contribution in [2.45, 2.75) is 39.8 Å². The Hall–Kier alpha value is -3.29. The van der Waals surface area contributed by atoms with Gasteiger partial charge in [0.2, 0.25) is 5.91 Å². The molecule has 1 aromatic carbocycles. The average Bonchev–Trinajstić information content (AvgIpc) is 3.12. The number of amides is 1. The fourth-order valence-electron chi connectivity index (χ4n) is 3.19. The predicted octanol–water partition coefficient (Wildman–Crippen LogP) is 2.10. The van der Waals surface area contributed by atoms with Gasteiger partial charge in [-0.2, -0.15) is 0 Å². The summed E-state index contributed by atoms with van der Waals surface area (Å²) in [7, 11) is 1.63. The van der Waals surface area contributed by atoms with E-state index in [4.69, 9.17) is 4.74 Å². The molecule has 8 heteroatoms. The number of pyridine rings is 1. The second kappa shape index (κ2) is 8.60. The Morgan fingerprint density at radius 1 is 1.21 bits per heavy atom. The van der Waals surface area contributed by atoms with Crippen molar-refractivity contribution in [3.05, 3.63) is 64.7 Å². The summed E-state index contributed by atoms with van der Waals surface area (Å²) >= 11 is 0. The van der Waals surface area contributed by atoms with Crippen LogP contribution in [-0.2, 0) is 17.8 Å². The Kier molecular flexibility index (Phi) is 5.98. The van der Waals surface area contributed by atoms with Gasteiger partial charge in [0.25, 0.3) is 0 Å². The monoisotopic (exact) mass is 380 g/mol. The predicted molar refractivity (Wildman–Crippen MR) is 104 cm³/mol. The highest BCUT2D eigenvalue weighted by Gasteiger charge is 2.24. The number of aromatic nitrogens is 5. The van der Waals surface area contributed by atoms with Gasteiger partial charge in [0.05, 0.1) is 19.3 Å². The first-order chi connectivity index (χ1) is 13.5. The van der Waals surface area contributed by atoms with Crippen molar-refractivity contribution in [3.63, 3.8) is 0 Å². The molecule has 2 heterocycles. The second-order valence-electron chi connectivity index (χ2n) is 6.64. The lowest BCUT2D eigenvalue weighted by atomic mass is 10.0. The lowest BCUT2D eigenvalue weighted by Crippen LogP contribution is -2.35. The van der Waals surface area contributed by atoms with Gasteiger partial charge in [-0.3, -0.25) is 9.78 Å². The van der Waals surface area contributed by atoms with Crippen LogP contribution in [0.3, 0.4) is 0 Å². The highest BCUT2D eigenvalue weighted by molar-refractivity contribution is 5.80. The van der Waals surface area contributed by atoms with Gasteiger partial charge in [0.15, 0.2) is 0 Å². The van der Waals surface area contributed by atoms with Crippen LogP contribution in [0.2, 0.25) is 0 Å². The highest BCUT2D eigenvalue weighted by Crippen LogP contribution is 2.24. The third-order valence-corrected chi connectivity index (χ3v) is 4.71. The van der Waals surface area contributed by atoms with Crippen molar-refractivity contribution in [1.82, 2.24) is 30.5 Å². The zero-order valence-electron chi connectivity index (χ0n) is 16.5. The van der Waals surface area contributed by atoms with E-state index in [1.165, 1.54) is 0 Å². The lowest BCUT2D eigenvalue weighted by Gasteiger charge is -2.18. The molecule has 146 valence electrons. The van der Waals surface area contributed by atoms with Crippen molar-refractivity contribution < 1.29 is 9.53 Å². The molecule has 2 aromatic heterocycles. The van der Waals surface area contributed by atoms with E-state index in [9.17, 15) is 4.79 Å². The SMILES string of the molecule is COc1c(C)cnc(CNC(=O)C(Cc2ccccc2)n2nnnc2C)c1C. The summed E-state index contributed by atoms with van der Waals surface area (Å²) < 4.78 is 6.99. The number of carbonyl (C=O) groups excluding carboxylic acids is 1. The zero-order chi connectivity index (χ0) is 20.1. The molecule has 0 saturated carbocycles. The van der Waals surface area contributed by atoms with Crippen molar-refractivity contribution in [1.29, 1.82) is 0 Å². The fourth-order valence-corrected chi connectivity index (χ4v) is 3.19. The molecule has 0 aliphatic rings. The maximum Gasteiger partial charge on any atom is 0.245 e. The van der Waals surface area contributed by atoms with Crippen LogP contribution < -0.4 is 10.1 Å². The molecule has 0 saturated heterocycles. The maximum absolute atomic E-state index is 13.0. The number of methoxy groups -OCH3 is 1. The van der Waals surface area contributed by atoms with Gasteiger partial charge in [-0.15, -0.1) is 5.10 Å². The third-order valence-electron chi connectivity index (χ3n) is 4.71. The first-order valence-electron chi connectivity index (χ1n) is 9.06. The van der Waals surface area contributed by atoms with E-state index in [-0.39, 0.29) is 5.91 Å². The molecule has 0 aliphatic heterocycles. The van der Waals surface area contributed by atoms with E-state index in [0.29, 0.717) is 18.8 Å². The summed E-state index contributed by atoms with van der Waals surface area (Å²) in [6.45, 7) is 5.96. The van der Waals surface area contributed by atoms with Crippen LogP contribution in [0.15, 0.2) is 36.5 Å². The van der Waals surface area contributed by atoms with Crippen LogP contribution >= 0.6 is 0 Å². The Morgan fingerprint density at radius 3 is 2.61 bits per heavy atom. The van der Waals surface area contributed by atoms with E-state index in [1.54, 1.807) is 24.9 Å². The minimum atomic E-state index is -0.551. The molecular weight excluding hydrogens is 356 g/mol. The summed E-state index contributed by atoms with van der Waals surface area (Å²) in [6, 6.07) is 9.25. The summed E-state index contributed by atoms with van der Waals surface area (Å²) in [4.78, 5) is 17.5. The molecule has 3 aromatic rings. The molecule has 8 nitrogen and oxygen atoms in total. The second-order valence-corrected chi connectivity index (χ2v) is 6.64. The Morgan fingerprint density at radius 2 is 1.96 bits per heavy atom. The van der Waals surface area contributed by atoms with E-state index in [2.05, 4.69) is 25.8 Å². The number of hydrogen-bond donors (Lipinski definition) is 1. The molecule has 0 bridgehead atoms. The smallest absolute Gasteiger partial charge is 0.245 e. The standard InChI is InChI=1S/C20H24N6O2/c1-13-11-21-17(14(2)19(13)28-4)12-22-20(27)18(26-15(3)23-24-25-26)10-16-8-6-5-7-9-16/h5-9,11,18H,10,12H2,1-4H3,(H,22,27). The van der Waals surface area contributed by atoms with Crippen molar-refractivity contribution >= 4 is 5.91 Å². The number of carbonyl (C=O) groups is 1. The van der Waals surface area contributed by atoms with E-state index in [1.807, 2.05) is 44.2 Å². The molecule has 1 unspecified atom stereocenters. The average molecular weight is 380 g/mol. The van der Waals surface area contributed by atoms with Gasteiger partial charge in [0, 0.05) is 23.7 Å². The Balaban J connectivity index is 1.80. The molecule has 1 atom stereocenters. The van der Waals surface area contributed by atoms with E-state index < -0.39 is 6.04 Å². The summed E-state index contributed by atoms with van der Waals surface area (Å²) in [6.07, 6.45) is 2.24. The molecule has 1 amide bonds. The number of hydrogen-bond acceptors (Lipinski definition) is 6. The molecule has 1 N–H and O–H groups in total. The zero-order valence-corrected chi connectivity index (χ0v) is 16.5. The molecule has 3 rings (SSSR count). The number of benzene rings is 1. The number of aryl methyl sites for hydroxylation is 2. The number of nitrogens with zero attached hydrogens (tertiary/aromatic N) is 5. The summed E-state index contributed by atoms with van der Waals surface area (Å²) in [5, 5.41) is 14.6. The van der Waals surface area contributed by atoms with Gasteiger partial charge in [0.1, 0.15) is 17.6 Å². The van der Waals surface area contributed by atoms with E-state index in [0.717, 1.165) is 28.1 Å². The number of ether oxygens (including phenoxy) is 1. The first-order valence-corrected chi connectivity index (χ1v) is 9.06. The normalized spacial score (nSPS) is 11.9. The lowest BCUT2D eigenvalue weighted by molar-refractivity contribution is -0.124. The third kappa shape index (κ3) is 4.16. The minimum Gasteiger partial charge on any atom is -0.496 e. The highest BCUT2D eigenvalue weighted by atomic mass is 16.5. The first kappa shape index (κ1) is 19.5. The maximum atomic E-state index is 13.0. The van der Waals surface area contributed by atoms with Crippen molar-refractivity contribution in [2.24, 2.45) is 0 Å². The molecule has 0 spiro atoms. The quantitative estimate of drug-likeness (QED) is 0.674. The van der Waals surface area contributed by atoms with Crippen LogP contribution in [0, 0.1) is 20.8 Å². The van der Waals surface area contributed by atoms with Gasteiger partial charge >= 0.3 is 0 Å². The summed E-state index contributed by atoms with van der Waals surface area (Å²) in [5.74, 6) is 1.21. The minimum absolute atomic E-state index is 0.167. The number of nitrogens with one attached hydrogen (secondary N) is 1. The van der Waals surface area contributed by atoms with Crippen LogP contribution in [0.1, 0.15) is 34.3 Å². The topological polar surface area (TPSA) is 94.8 Å². The number of tetrazole rings is 1. The van der Waals surface area contributed by atoms with Crippen LogP contribution in [0.4, 0.5) is 0 Å². The van der Waals surface area contributed by atoms with Crippen LogP contribution in [0.25, 0.3) is 0 Å². The van der Waals surface area contributed by atoms with Gasteiger partial charge in [-0.05, 0) is 36.8 Å². The Labute approximate surface area is 163 Å².